The monoisotopic (exact) mass is 232 g/mol. The first-order chi connectivity index (χ1) is 6.87. The molecule has 1 amide bonds. The van der Waals surface area contributed by atoms with E-state index < -0.39 is 26.9 Å². The second kappa shape index (κ2) is 3.18. The van der Waals surface area contributed by atoms with Crippen molar-refractivity contribution in [3.63, 3.8) is 0 Å². The average Bonchev–Trinajstić information content (AvgIpc) is 2.82. The minimum atomic E-state index is -3.21. The summed E-state index contributed by atoms with van der Waals surface area (Å²) in [7, 11) is -3.21. The molecule has 1 saturated carbocycles. The second-order valence-corrected chi connectivity index (χ2v) is 6.92. The first-order valence-corrected chi connectivity index (χ1v) is 7.01. The Balaban J connectivity index is 2.36. The molecule has 0 radical (unpaired) electrons. The fourth-order valence-electron chi connectivity index (χ4n) is 2.74. The molecule has 0 aromatic rings. The zero-order valence-electron chi connectivity index (χ0n) is 8.69. The first kappa shape index (κ1) is 10.9. The van der Waals surface area contributed by atoms with Gasteiger partial charge in [0, 0.05) is 24.8 Å². The third kappa shape index (κ3) is 1.76. The number of rotatable bonds is 2. The van der Waals surface area contributed by atoms with E-state index in [0.717, 1.165) is 12.8 Å². The minimum absolute atomic E-state index is 0.217. The molecule has 0 aromatic heterocycles. The van der Waals surface area contributed by atoms with Crippen molar-refractivity contribution in [1.82, 2.24) is 5.32 Å². The van der Waals surface area contributed by atoms with Gasteiger partial charge < -0.3 is 11.1 Å². The second-order valence-electron chi connectivity index (χ2n) is 4.75. The summed E-state index contributed by atoms with van der Waals surface area (Å²) in [5.41, 5.74) is 5.04. The molecule has 2 unspecified atom stereocenters. The van der Waals surface area contributed by atoms with Crippen LogP contribution in [0.4, 0.5) is 0 Å². The normalized spacial score (nSPS) is 33.9. The summed E-state index contributed by atoms with van der Waals surface area (Å²) in [4.78, 5) is 11.2. The first-order valence-electron chi connectivity index (χ1n) is 5.06. The molecule has 1 saturated heterocycles. The summed E-state index contributed by atoms with van der Waals surface area (Å²) in [6, 6.07) is 0. The lowest BCUT2D eigenvalue weighted by molar-refractivity contribution is -0.122. The largest absolute Gasteiger partial charge is 0.369 e. The van der Waals surface area contributed by atoms with Crippen molar-refractivity contribution >= 4 is 15.7 Å². The van der Waals surface area contributed by atoms with Gasteiger partial charge in [-0.25, -0.2) is 8.42 Å². The summed E-state index contributed by atoms with van der Waals surface area (Å²) in [6.45, 7) is 1.07. The molecule has 0 bridgehead atoms. The Labute approximate surface area is 89.3 Å². The maximum absolute atomic E-state index is 11.7. The number of hydrogen-bond acceptors (Lipinski definition) is 4. The highest BCUT2D eigenvalue weighted by Crippen LogP contribution is 2.54. The van der Waals surface area contributed by atoms with E-state index in [4.69, 9.17) is 5.73 Å². The van der Waals surface area contributed by atoms with E-state index in [2.05, 4.69) is 5.32 Å². The zero-order valence-corrected chi connectivity index (χ0v) is 9.51. The number of carbonyl (C=O) groups excluding carboxylic acids is 1. The van der Waals surface area contributed by atoms with E-state index in [1.807, 2.05) is 0 Å². The highest BCUT2D eigenvalue weighted by Gasteiger charge is 2.59. The number of nitrogens with one attached hydrogen (secondary N) is 1. The van der Waals surface area contributed by atoms with Crippen LogP contribution in [0.3, 0.4) is 0 Å². The molecule has 2 rings (SSSR count). The van der Waals surface area contributed by atoms with Crippen molar-refractivity contribution in [3.8, 4) is 0 Å². The molecule has 0 aromatic carbocycles. The molecule has 3 N–H and O–H groups in total. The SMILES string of the molecule is CS(=O)(=O)C1C(C(N)=O)CNCC12CC2. The summed E-state index contributed by atoms with van der Waals surface area (Å²) in [5, 5.41) is 2.53. The van der Waals surface area contributed by atoms with Crippen molar-refractivity contribution in [1.29, 1.82) is 0 Å². The third-order valence-electron chi connectivity index (χ3n) is 3.53. The number of piperidine rings is 1. The maximum Gasteiger partial charge on any atom is 0.223 e. The molecule has 86 valence electrons. The van der Waals surface area contributed by atoms with Crippen LogP contribution in [0.1, 0.15) is 12.8 Å². The topological polar surface area (TPSA) is 89.3 Å². The Bertz CT molecular complexity index is 386. The van der Waals surface area contributed by atoms with Gasteiger partial charge in [0.15, 0.2) is 9.84 Å². The Morgan fingerprint density at radius 3 is 2.47 bits per heavy atom. The lowest BCUT2D eigenvalue weighted by Gasteiger charge is -2.36. The van der Waals surface area contributed by atoms with E-state index >= 15 is 0 Å². The van der Waals surface area contributed by atoms with E-state index in [0.29, 0.717) is 13.1 Å². The van der Waals surface area contributed by atoms with Crippen LogP contribution >= 0.6 is 0 Å². The van der Waals surface area contributed by atoms with Gasteiger partial charge >= 0.3 is 0 Å². The van der Waals surface area contributed by atoms with Gasteiger partial charge in [-0.05, 0) is 12.8 Å². The third-order valence-corrected chi connectivity index (χ3v) is 5.28. The average molecular weight is 232 g/mol. The molecule has 1 spiro atoms. The lowest BCUT2D eigenvalue weighted by atomic mass is 9.87. The predicted molar refractivity (Wildman–Crippen MR) is 55.9 cm³/mol. The Morgan fingerprint density at radius 1 is 1.47 bits per heavy atom. The van der Waals surface area contributed by atoms with Gasteiger partial charge in [-0.2, -0.15) is 0 Å². The molecule has 2 fully saturated rings. The standard InChI is InChI=1S/C9H16N2O3S/c1-15(13,14)7-6(8(10)12)4-11-5-9(7)2-3-9/h6-7,11H,2-5H2,1H3,(H2,10,12). The summed E-state index contributed by atoms with van der Waals surface area (Å²) in [6.07, 6.45) is 2.96. The van der Waals surface area contributed by atoms with Gasteiger partial charge in [-0.1, -0.05) is 0 Å². The lowest BCUT2D eigenvalue weighted by Crippen LogP contribution is -2.55. The predicted octanol–water partition coefficient (Wildman–Crippen LogP) is -1.12. The minimum Gasteiger partial charge on any atom is -0.369 e. The quantitative estimate of drug-likeness (QED) is 0.631. The van der Waals surface area contributed by atoms with Crippen molar-refractivity contribution in [2.24, 2.45) is 17.1 Å². The van der Waals surface area contributed by atoms with Gasteiger partial charge in [0.25, 0.3) is 0 Å². The molecule has 1 aliphatic heterocycles. The fourth-order valence-corrected chi connectivity index (χ4v) is 4.79. The number of primary amides is 1. The summed E-state index contributed by atoms with van der Waals surface area (Å²) >= 11 is 0. The molecule has 6 heteroatoms. The van der Waals surface area contributed by atoms with Gasteiger partial charge in [-0.15, -0.1) is 0 Å². The van der Waals surface area contributed by atoms with E-state index in [-0.39, 0.29) is 5.41 Å². The Hall–Kier alpha value is -0.620. The van der Waals surface area contributed by atoms with Crippen LogP contribution < -0.4 is 11.1 Å². The molecule has 1 heterocycles. The van der Waals surface area contributed by atoms with E-state index in [1.54, 1.807) is 0 Å². The summed E-state index contributed by atoms with van der Waals surface area (Å²) < 4.78 is 23.4. The molecule has 15 heavy (non-hydrogen) atoms. The van der Waals surface area contributed by atoms with Crippen molar-refractivity contribution in [3.05, 3.63) is 0 Å². The van der Waals surface area contributed by atoms with Crippen LogP contribution in [0.15, 0.2) is 0 Å². The van der Waals surface area contributed by atoms with Crippen molar-refractivity contribution in [2.45, 2.75) is 18.1 Å². The number of nitrogens with two attached hydrogens (primary N) is 1. The molecule has 5 nitrogen and oxygen atoms in total. The molecule has 2 aliphatic rings. The van der Waals surface area contributed by atoms with Crippen LogP contribution in [0.25, 0.3) is 0 Å². The van der Waals surface area contributed by atoms with Crippen LogP contribution in [-0.2, 0) is 14.6 Å². The zero-order chi connectivity index (χ0) is 11.3. The van der Waals surface area contributed by atoms with Crippen LogP contribution in [0.2, 0.25) is 0 Å². The highest BCUT2D eigenvalue weighted by atomic mass is 32.2. The van der Waals surface area contributed by atoms with Gasteiger partial charge in [0.1, 0.15) is 0 Å². The summed E-state index contributed by atoms with van der Waals surface area (Å²) in [5.74, 6) is -1.08. The highest BCUT2D eigenvalue weighted by molar-refractivity contribution is 7.91. The van der Waals surface area contributed by atoms with Crippen molar-refractivity contribution < 1.29 is 13.2 Å². The molecule has 2 atom stereocenters. The number of sulfone groups is 1. The van der Waals surface area contributed by atoms with Crippen molar-refractivity contribution in [2.75, 3.05) is 19.3 Å². The fraction of sp³-hybridized carbons (Fsp3) is 0.889. The van der Waals surface area contributed by atoms with E-state index in [1.165, 1.54) is 6.26 Å². The van der Waals surface area contributed by atoms with E-state index in [9.17, 15) is 13.2 Å². The van der Waals surface area contributed by atoms with Crippen LogP contribution in [0.5, 0.6) is 0 Å². The molecular formula is C9H16N2O3S. The molecular weight excluding hydrogens is 216 g/mol. The van der Waals surface area contributed by atoms with Gasteiger partial charge in [0.05, 0.1) is 11.2 Å². The number of hydrogen-bond donors (Lipinski definition) is 2. The maximum atomic E-state index is 11.7. The van der Waals surface area contributed by atoms with Gasteiger partial charge in [-0.3, -0.25) is 4.79 Å². The number of carbonyl (C=O) groups is 1. The Morgan fingerprint density at radius 2 is 2.07 bits per heavy atom. The Kier molecular flexibility index (Phi) is 2.31. The molecule has 1 aliphatic carbocycles. The van der Waals surface area contributed by atoms with Gasteiger partial charge in [0.2, 0.25) is 5.91 Å². The van der Waals surface area contributed by atoms with Crippen LogP contribution in [0, 0.1) is 11.3 Å². The van der Waals surface area contributed by atoms with Crippen LogP contribution in [-0.4, -0.2) is 38.9 Å². The smallest absolute Gasteiger partial charge is 0.223 e. The number of amides is 1.